The lowest BCUT2D eigenvalue weighted by Crippen LogP contribution is -2.43. The zero-order valence-electron chi connectivity index (χ0n) is 24.6. The fourth-order valence-corrected chi connectivity index (χ4v) is 5.77. The number of aliphatic hydroxyl groups is 1. The van der Waals surface area contributed by atoms with Gasteiger partial charge in [0.05, 0.1) is 17.9 Å². The predicted molar refractivity (Wildman–Crippen MR) is 152 cm³/mol. The van der Waals surface area contributed by atoms with Crippen LogP contribution in [0.3, 0.4) is 0 Å². The van der Waals surface area contributed by atoms with Gasteiger partial charge in [0.25, 0.3) is 0 Å². The Morgan fingerprint density at radius 2 is 1.83 bits per heavy atom. The first-order chi connectivity index (χ1) is 19.2. The van der Waals surface area contributed by atoms with Crippen molar-refractivity contribution in [2.45, 2.75) is 91.5 Å². The fourth-order valence-electron chi connectivity index (χ4n) is 5.77. The summed E-state index contributed by atoms with van der Waals surface area (Å²) in [6.07, 6.45) is 9.61. The summed E-state index contributed by atoms with van der Waals surface area (Å²) in [5.41, 5.74) is 0.484. The van der Waals surface area contributed by atoms with Gasteiger partial charge >= 0.3 is 17.9 Å². The molecule has 1 heterocycles. The number of cyclic esters (lactones) is 1. The summed E-state index contributed by atoms with van der Waals surface area (Å²) in [5.74, 6) is -1.02. The van der Waals surface area contributed by atoms with Gasteiger partial charge in [0.15, 0.2) is 0 Å². The minimum absolute atomic E-state index is 0.0949. The molecule has 7 atom stereocenters. The van der Waals surface area contributed by atoms with Gasteiger partial charge in [-0.15, -0.1) is 0 Å². The number of carbonyl (C=O) groups excluding carboxylic acids is 2. The normalized spacial score (nSPS) is 29.3. The summed E-state index contributed by atoms with van der Waals surface area (Å²) in [7, 11) is 0. The van der Waals surface area contributed by atoms with E-state index in [-0.39, 0.29) is 53.5 Å². The second-order valence-electron chi connectivity index (χ2n) is 12.3. The lowest BCUT2D eigenvalue weighted by molar-refractivity contribution is -0.166. The number of fused-ring (bicyclic) bond motifs is 1. The van der Waals surface area contributed by atoms with Crippen LogP contribution in [-0.2, 0) is 19.1 Å². The number of hydrogen-bond donors (Lipinski definition) is 4. The first-order valence-corrected chi connectivity index (χ1v) is 14.5. The van der Waals surface area contributed by atoms with Crippen molar-refractivity contribution in [3.8, 4) is 11.5 Å². The number of esters is 2. The number of phenols is 2. The number of ether oxygens (including phenoxy) is 2. The zero-order chi connectivity index (χ0) is 30.5. The molecule has 0 amide bonds. The SMILES string of the molecule is CCC(C)(C)C(=O)O[C@H]1C[C@@H](C)C=C2C=C[C@H](C)C(CCC3CC(O)CC(=O)O3)[C@H]21.O=C(O)c1cc(O)ccc1O. The van der Waals surface area contributed by atoms with E-state index in [1.165, 1.54) is 11.6 Å². The van der Waals surface area contributed by atoms with Crippen LogP contribution in [0.5, 0.6) is 11.5 Å². The molecule has 41 heavy (non-hydrogen) atoms. The van der Waals surface area contributed by atoms with Crippen molar-refractivity contribution in [3.63, 3.8) is 0 Å². The highest BCUT2D eigenvalue weighted by Gasteiger charge is 2.43. The molecule has 1 aromatic carbocycles. The van der Waals surface area contributed by atoms with Crippen LogP contribution in [0.2, 0.25) is 0 Å². The summed E-state index contributed by atoms with van der Waals surface area (Å²) in [6.45, 7) is 10.3. The van der Waals surface area contributed by atoms with E-state index in [9.17, 15) is 19.5 Å². The maximum absolute atomic E-state index is 12.9. The van der Waals surface area contributed by atoms with E-state index < -0.39 is 17.5 Å². The van der Waals surface area contributed by atoms with Crippen molar-refractivity contribution >= 4 is 17.9 Å². The molecule has 0 saturated carbocycles. The number of carboxylic acid groups (broad SMARTS) is 1. The van der Waals surface area contributed by atoms with Gasteiger partial charge in [-0.1, -0.05) is 39.0 Å². The van der Waals surface area contributed by atoms with Gasteiger partial charge in [-0.3, -0.25) is 9.59 Å². The zero-order valence-corrected chi connectivity index (χ0v) is 24.6. The summed E-state index contributed by atoms with van der Waals surface area (Å²) in [6, 6.07) is 3.32. The smallest absolute Gasteiger partial charge is 0.339 e. The number of carbonyl (C=O) groups is 3. The first kappa shape index (κ1) is 32.2. The molecule has 226 valence electrons. The molecule has 0 aromatic heterocycles. The Kier molecular flexibility index (Phi) is 10.6. The van der Waals surface area contributed by atoms with Crippen molar-refractivity contribution in [2.24, 2.45) is 29.1 Å². The minimum Gasteiger partial charge on any atom is -0.508 e. The number of aromatic carboxylic acids is 1. The molecule has 1 aromatic rings. The van der Waals surface area contributed by atoms with Gasteiger partial charge in [-0.05, 0) is 81.1 Å². The maximum Gasteiger partial charge on any atom is 0.339 e. The molecule has 3 unspecified atom stereocenters. The van der Waals surface area contributed by atoms with Crippen molar-refractivity contribution in [3.05, 3.63) is 47.6 Å². The minimum atomic E-state index is -1.27. The van der Waals surface area contributed by atoms with Crippen LogP contribution in [0.1, 0.15) is 83.5 Å². The van der Waals surface area contributed by atoms with Gasteiger partial charge in [-0.25, -0.2) is 4.79 Å². The molecule has 4 rings (SSSR count). The van der Waals surface area contributed by atoms with Gasteiger partial charge < -0.3 is 29.9 Å². The molecule has 1 fully saturated rings. The topological polar surface area (TPSA) is 151 Å². The Morgan fingerprint density at radius 1 is 1.12 bits per heavy atom. The molecular weight excluding hydrogens is 528 g/mol. The van der Waals surface area contributed by atoms with Crippen LogP contribution in [0.4, 0.5) is 0 Å². The Labute approximate surface area is 241 Å². The number of benzene rings is 1. The van der Waals surface area contributed by atoms with Gasteiger partial charge in [0.1, 0.15) is 29.3 Å². The van der Waals surface area contributed by atoms with E-state index in [0.29, 0.717) is 24.2 Å². The van der Waals surface area contributed by atoms with Crippen LogP contribution in [0, 0.1) is 29.1 Å². The molecule has 4 N–H and O–H groups in total. The third kappa shape index (κ3) is 8.35. The summed E-state index contributed by atoms with van der Waals surface area (Å²) in [4.78, 5) is 34.9. The van der Waals surface area contributed by atoms with Crippen molar-refractivity contribution in [1.29, 1.82) is 0 Å². The lowest BCUT2D eigenvalue weighted by Gasteiger charge is -2.44. The molecule has 0 radical (unpaired) electrons. The van der Waals surface area contributed by atoms with Crippen molar-refractivity contribution < 1.29 is 44.3 Å². The fraction of sp³-hybridized carbons (Fsp3) is 0.594. The van der Waals surface area contributed by atoms with Gasteiger partial charge in [-0.2, -0.15) is 0 Å². The molecule has 0 spiro atoms. The van der Waals surface area contributed by atoms with Crippen LogP contribution in [0.15, 0.2) is 42.0 Å². The number of phenolic OH excluding ortho intramolecular Hbond substituents is 1. The predicted octanol–water partition coefficient (Wildman–Crippen LogP) is 5.38. The number of aromatic hydroxyl groups is 2. The molecule has 9 heteroatoms. The van der Waals surface area contributed by atoms with Crippen molar-refractivity contribution in [2.75, 3.05) is 0 Å². The second-order valence-corrected chi connectivity index (χ2v) is 12.3. The quantitative estimate of drug-likeness (QED) is 0.249. The maximum atomic E-state index is 12.9. The summed E-state index contributed by atoms with van der Waals surface area (Å²) in [5, 5.41) is 36.1. The van der Waals surface area contributed by atoms with Crippen LogP contribution in [0.25, 0.3) is 0 Å². The largest absolute Gasteiger partial charge is 0.508 e. The van der Waals surface area contributed by atoms with Crippen molar-refractivity contribution in [1.82, 2.24) is 0 Å². The third-order valence-electron chi connectivity index (χ3n) is 8.56. The third-order valence-corrected chi connectivity index (χ3v) is 8.56. The Hall–Kier alpha value is -3.33. The molecule has 0 bridgehead atoms. The highest BCUT2D eigenvalue weighted by Crippen LogP contribution is 2.45. The first-order valence-electron chi connectivity index (χ1n) is 14.5. The number of hydrogen-bond acceptors (Lipinski definition) is 8. The van der Waals surface area contributed by atoms with E-state index in [1.54, 1.807) is 0 Å². The molecule has 1 saturated heterocycles. The number of allylic oxidation sites excluding steroid dienone is 3. The van der Waals surface area contributed by atoms with E-state index in [1.807, 2.05) is 20.8 Å². The standard InChI is InChI=1S/C25H38O5.C7H6O4/c1-6-25(4,5)24(28)30-21-12-15(2)11-17-8-7-16(3)20(23(17)21)10-9-19-13-18(26)14-22(27)29-19;8-4-1-2-6(9)5(3-4)7(10)11/h7-8,11,15-16,18-21,23,26H,6,9-10,12-14H2,1-5H3;1-3,8-9H,(H,10,11)/t15-,16-,18?,19?,20?,21-,23-;/m0./s1. The Balaban J connectivity index is 0.000000352. The molecular formula is C32H44O9. The average Bonchev–Trinajstić information content (AvgIpc) is 2.89. The van der Waals surface area contributed by atoms with E-state index in [4.69, 9.17) is 24.8 Å². The second kappa shape index (κ2) is 13.6. The lowest BCUT2D eigenvalue weighted by atomic mass is 9.65. The molecule has 2 aliphatic carbocycles. The van der Waals surface area contributed by atoms with Crippen LogP contribution < -0.4 is 0 Å². The highest BCUT2D eigenvalue weighted by molar-refractivity contribution is 5.91. The van der Waals surface area contributed by atoms with E-state index >= 15 is 0 Å². The highest BCUT2D eigenvalue weighted by atomic mass is 16.6. The molecule has 3 aliphatic rings. The Bertz CT molecular complexity index is 1170. The Morgan fingerprint density at radius 3 is 2.44 bits per heavy atom. The number of rotatable bonds is 7. The average molecular weight is 573 g/mol. The number of carboxylic acids is 1. The molecule has 1 aliphatic heterocycles. The van der Waals surface area contributed by atoms with Crippen LogP contribution >= 0.6 is 0 Å². The van der Waals surface area contributed by atoms with E-state index in [0.717, 1.165) is 37.8 Å². The van der Waals surface area contributed by atoms with E-state index in [2.05, 4.69) is 32.1 Å². The summed E-state index contributed by atoms with van der Waals surface area (Å²) >= 11 is 0. The monoisotopic (exact) mass is 572 g/mol. The van der Waals surface area contributed by atoms with Gasteiger partial charge in [0, 0.05) is 12.3 Å². The molecule has 9 nitrogen and oxygen atoms in total. The van der Waals surface area contributed by atoms with Gasteiger partial charge in [0.2, 0.25) is 0 Å². The van der Waals surface area contributed by atoms with Crippen LogP contribution in [-0.4, -0.2) is 56.6 Å². The summed E-state index contributed by atoms with van der Waals surface area (Å²) < 4.78 is 11.6. The number of aliphatic hydroxyl groups excluding tert-OH is 1.